The molecule has 0 aliphatic heterocycles. The Bertz CT molecular complexity index is 2870. The fourth-order valence-electron chi connectivity index (χ4n) is 7.58. The lowest BCUT2D eigenvalue weighted by Gasteiger charge is -2.26. The molecule has 0 radical (unpaired) electrons. The minimum absolute atomic E-state index is 0.923. The van der Waals surface area contributed by atoms with E-state index in [1.165, 1.54) is 60.3 Å². The highest BCUT2D eigenvalue weighted by Crippen LogP contribution is 2.39. The first-order valence-corrected chi connectivity index (χ1v) is 17.7. The molecule has 52 heavy (non-hydrogen) atoms. The molecule has 0 saturated carbocycles. The van der Waals surface area contributed by atoms with Crippen molar-refractivity contribution in [2.24, 2.45) is 0 Å². The molecule has 0 aliphatic rings. The fourth-order valence-corrected chi connectivity index (χ4v) is 7.58. The molecule has 0 saturated heterocycles. The number of fused-ring (bicyclic) bond motifs is 6. The highest BCUT2D eigenvalue weighted by molar-refractivity contribution is 6.19. The van der Waals surface area contributed by atoms with Crippen LogP contribution < -0.4 is 4.90 Å². The summed E-state index contributed by atoms with van der Waals surface area (Å²) in [6.07, 6.45) is 0. The van der Waals surface area contributed by atoms with Crippen LogP contribution in [-0.4, -0.2) is 0 Å². The molecule has 2 heteroatoms. The van der Waals surface area contributed by atoms with Gasteiger partial charge in [0, 0.05) is 27.8 Å². The van der Waals surface area contributed by atoms with Crippen LogP contribution in [0.15, 0.2) is 205 Å². The molecule has 0 spiro atoms. The van der Waals surface area contributed by atoms with E-state index in [9.17, 15) is 0 Å². The highest BCUT2D eigenvalue weighted by Gasteiger charge is 2.15. The Hall–Kier alpha value is -6.90. The van der Waals surface area contributed by atoms with Crippen LogP contribution in [0.5, 0.6) is 0 Å². The number of rotatable bonds is 6. The Morgan fingerprint density at radius 2 is 0.788 bits per heavy atom. The van der Waals surface area contributed by atoms with Crippen molar-refractivity contribution in [2.45, 2.75) is 0 Å². The van der Waals surface area contributed by atoms with Crippen molar-refractivity contribution < 1.29 is 4.42 Å². The molecule has 0 bridgehead atoms. The van der Waals surface area contributed by atoms with Gasteiger partial charge in [-0.1, -0.05) is 146 Å². The largest absolute Gasteiger partial charge is 0.456 e. The van der Waals surface area contributed by atoms with Gasteiger partial charge in [0.05, 0.1) is 0 Å². The molecule has 0 atom stereocenters. The van der Waals surface area contributed by atoms with E-state index in [1.807, 2.05) is 12.1 Å². The highest BCUT2D eigenvalue weighted by atomic mass is 16.3. The van der Waals surface area contributed by atoms with E-state index >= 15 is 0 Å². The number of hydrogen-bond donors (Lipinski definition) is 0. The Morgan fingerprint density at radius 1 is 0.288 bits per heavy atom. The Kier molecular flexibility index (Phi) is 7.18. The number of anilines is 3. The molecule has 10 aromatic rings. The van der Waals surface area contributed by atoms with Crippen LogP contribution in [0.4, 0.5) is 17.1 Å². The Morgan fingerprint density at radius 3 is 1.50 bits per heavy atom. The molecule has 0 unspecified atom stereocenters. The lowest BCUT2D eigenvalue weighted by molar-refractivity contribution is 0.669. The standard InChI is InChI=1S/C50H33NO/c1-2-8-34(9-3-1)37-20-26-43(27-21-37)51(45-30-24-35-10-4-5-11-41(35)32-45)44-28-22-38(23-29-44)36-14-16-39(17-15-36)42-19-18-40-25-31-49-50(47(40)33-42)46-12-6-7-13-48(46)52-49/h1-33H. The summed E-state index contributed by atoms with van der Waals surface area (Å²) in [6, 6.07) is 71.7. The second-order valence-electron chi connectivity index (χ2n) is 13.4. The van der Waals surface area contributed by atoms with Gasteiger partial charge in [0.2, 0.25) is 0 Å². The molecule has 10 rings (SSSR count). The number of furan rings is 1. The predicted molar refractivity (Wildman–Crippen MR) is 220 cm³/mol. The third-order valence-electron chi connectivity index (χ3n) is 10.3. The molecule has 1 aromatic heterocycles. The van der Waals surface area contributed by atoms with Crippen LogP contribution in [0.1, 0.15) is 0 Å². The summed E-state index contributed by atoms with van der Waals surface area (Å²) in [7, 11) is 0. The van der Waals surface area contributed by atoms with E-state index in [4.69, 9.17) is 4.42 Å². The van der Waals surface area contributed by atoms with Crippen molar-refractivity contribution in [3.63, 3.8) is 0 Å². The van der Waals surface area contributed by atoms with Gasteiger partial charge in [0.1, 0.15) is 11.2 Å². The maximum Gasteiger partial charge on any atom is 0.136 e. The lowest BCUT2D eigenvalue weighted by Crippen LogP contribution is -2.09. The van der Waals surface area contributed by atoms with Gasteiger partial charge in [-0.15, -0.1) is 0 Å². The van der Waals surface area contributed by atoms with Crippen molar-refractivity contribution in [1.82, 2.24) is 0 Å². The van der Waals surface area contributed by atoms with Gasteiger partial charge in [-0.25, -0.2) is 0 Å². The minimum atomic E-state index is 0.923. The number of hydrogen-bond acceptors (Lipinski definition) is 2. The van der Waals surface area contributed by atoms with Crippen molar-refractivity contribution >= 4 is 60.5 Å². The minimum Gasteiger partial charge on any atom is -0.456 e. The molecule has 244 valence electrons. The molecule has 0 aliphatic carbocycles. The first kappa shape index (κ1) is 30.0. The first-order valence-electron chi connectivity index (χ1n) is 17.7. The summed E-state index contributed by atoms with van der Waals surface area (Å²) in [4.78, 5) is 2.34. The van der Waals surface area contributed by atoms with Gasteiger partial charge in [0.15, 0.2) is 0 Å². The third kappa shape index (κ3) is 5.30. The normalized spacial score (nSPS) is 11.5. The average Bonchev–Trinajstić information content (AvgIpc) is 3.61. The zero-order valence-corrected chi connectivity index (χ0v) is 28.4. The Labute approximate surface area is 302 Å². The molecule has 0 amide bonds. The molecular formula is C50H33NO. The van der Waals surface area contributed by atoms with E-state index in [0.717, 1.165) is 33.6 Å². The van der Waals surface area contributed by atoms with E-state index < -0.39 is 0 Å². The van der Waals surface area contributed by atoms with Crippen LogP contribution in [0.2, 0.25) is 0 Å². The predicted octanol–water partition coefficient (Wildman–Crippen LogP) is 14.4. The number of nitrogens with zero attached hydrogens (tertiary/aromatic N) is 1. The van der Waals surface area contributed by atoms with Crippen molar-refractivity contribution in [3.8, 4) is 33.4 Å². The third-order valence-corrected chi connectivity index (χ3v) is 10.3. The Balaban J connectivity index is 0.981. The van der Waals surface area contributed by atoms with E-state index in [-0.39, 0.29) is 0 Å². The molecule has 0 fully saturated rings. The van der Waals surface area contributed by atoms with Gasteiger partial charge >= 0.3 is 0 Å². The molecule has 9 aromatic carbocycles. The molecule has 1 heterocycles. The van der Waals surface area contributed by atoms with Gasteiger partial charge in [-0.05, 0) is 110 Å². The van der Waals surface area contributed by atoms with Gasteiger partial charge in [-0.2, -0.15) is 0 Å². The van der Waals surface area contributed by atoms with Crippen LogP contribution in [0.3, 0.4) is 0 Å². The average molecular weight is 664 g/mol. The first-order chi connectivity index (χ1) is 25.7. The van der Waals surface area contributed by atoms with Crippen molar-refractivity contribution in [1.29, 1.82) is 0 Å². The quantitative estimate of drug-likeness (QED) is 0.176. The zero-order chi connectivity index (χ0) is 34.4. The molecular weight excluding hydrogens is 631 g/mol. The van der Waals surface area contributed by atoms with Crippen LogP contribution in [0.25, 0.3) is 76.9 Å². The molecule has 2 nitrogen and oxygen atoms in total. The summed E-state index contributed by atoms with van der Waals surface area (Å²) in [6.45, 7) is 0. The van der Waals surface area contributed by atoms with E-state index in [1.54, 1.807) is 0 Å². The summed E-state index contributed by atoms with van der Waals surface area (Å²) in [5, 5.41) is 7.21. The maximum absolute atomic E-state index is 6.18. The smallest absolute Gasteiger partial charge is 0.136 e. The fraction of sp³-hybridized carbons (Fsp3) is 0. The maximum atomic E-state index is 6.18. The topological polar surface area (TPSA) is 16.4 Å². The zero-order valence-electron chi connectivity index (χ0n) is 28.4. The van der Waals surface area contributed by atoms with Gasteiger partial charge in [0.25, 0.3) is 0 Å². The van der Waals surface area contributed by atoms with Crippen molar-refractivity contribution in [2.75, 3.05) is 4.90 Å². The van der Waals surface area contributed by atoms with Gasteiger partial charge in [-0.3, -0.25) is 0 Å². The summed E-state index contributed by atoms with van der Waals surface area (Å²) < 4.78 is 6.18. The van der Waals surface area contributed by atoms with Gasteiger partial charge < -0.3 is 9.32 Å². The molecule has 0 N–H and O–H groups in total. The van der Waals surface area contributed by atoms with Crippen LogP contribution in [0, 0.1) is 0 Å². The van der Waals surface area contributed by atoms with Crippen molar-refractivity contribution in [3.05, 3.63) is 200 Å². The summed E-state index contributed by atoms with van der Waals surface area (Å²) in [5.74, 6) is 0. The lowest BCUT2D eigenvalue weighted by atomic mass is 9.96. The van der Waals surface area contributed by atoms with E-state index in [2.05, 4.69) is 193 Å². The second-order valence-corrected chi connectivity index (χ2v) is 13.4. The summed E-state index contributed by atoms with van der Waals surface area (Å²) in [5.41, 5.74) is 12.4. The monoisotopic (exact) mass is 663 g/mol. The number of para-hydroxylation sites is 1. The second kappa shape index (κ2) is 12.5. The van der Waals surface area contributed by atoms with Crippen LogP contribution >= 0.6 is 0 Å². The number of benzene rings is 9. The van der Waals surface area contributed by atoms with Crippen LogP contribution in [-0.2, 0) is 0 Å². The summed E-state index contributed by atoms with van der Waals surface area (Å²) >= 11 is 0. The SMILES string of the molecule is c1ccc(-c2ccc(N(c3ccc(-c4ccc(-c5ccc6ccc7oc8ccccc8c7c6c5)cc4)cc3)c3ccc4ccccc4c3)cc2)cc1. The van der Waals surface area contributed by atoms with E-state index in [0.29, 0.717) is 0 Å².